The van der Waals surface area contributed by atoms with Gasteiger partial charge in [0.2, 0.25) is 0 Å². The van der Waals surface area contributed by atoms with Gasteiger partial charge in [0.1, 0.15) is 5.76 Å². The van der Waals surface area contributed by atoms with Crippen LogP contribution in [0.2, 0.25) is 0 Å². The monoisotopic (exact) mass is 187 g/mol. The molecule has 0 aromatic heterocycles. The Morgan fingerprint density at radius 2 is 2.29 bits per heavy atom. The first-order valence-electron chi connectivity index (χ1n) is 4.66. The summed E-state index contributed by atoms with van der Waals surface area (Å²) in [5, 5.41) is 3.19. The molecule has 0 bridgehead atoms. The molecular weight excluding hydrogens is 177 g/mol. The quantitative estimate of drug-likeness (QED) is 0.669. The van der Waals surface area contributed by atoms with Crippen LogP contribution in [0.1, 0.15) is 11.1 Å². The summed E-state index contributed by atoms with van der Waals surface area (Å²) in [7, 11) is 1.32. The van der Waals surface area contributed by atoms with E-state index in [4.69, 9.17) is 9.31 Å². The molecule has 0 atom stereocenters. The highest BCUT2D eigenvalue weighted by Gasteiger charge is 2.36. The molecule has 2 aliphatic rings. The van der Waals surface area contributed by atoms with Crippen molar-refractivity contribution in [2.45, 2.75) is 6.42 Å². The van der Waals surface area contributed by atoms with Gasteiger partial charge in [-0.05, 0) is 5.56 Å². The molecule has 3 nitrogen and oxygen atoms in total. The summed E-state index contributed by atoms with van der Waals surface area (Å²) in [6.45, 7) is 0. The van der Waals surface area contributed by atoms with Crippen LogP contribution >= 0.6 is 0 Å². The lowest BCUT2D eigenvalue weighted by Crippen LogP contribution is -2.32. The van der Waals surface area contributed by atoms with E-state index in [1.807, 2.05) is 6.07 Å². The van der Waals surface area contributed by atoms with Gasteiger partial charge in [-0.3, -0.25) is 0 Å². The van der Waals surface area contributed by atoms with Crippen LogP contribution in [0.5, 0.6) is 0 Å². The fourth-order valence-corrected chi connectivity index (χ4v) is 1.97. The predicted molar refractivity (Wildman–Crippen MR) is 54.0 cm³/mol. The van der Waals surface area contributed by atoms with Gasteiger partial charge in [0, 0.05) is 19.1 Å². The smallest absolute Gasteiger partial charge is 0.519 e. The number of nitrogens with one attached hydrogen (secondary N) is 1. The van der Waals surface area contributed by atoms with E-state index in [1.165, 1.54) is 11.1 Å². The van der Waals surface area contributed by atoms with Crippen molar-refractivity contribution >= 4 is 13.0 Å². The lowest BCUT2D eigenvalue weighted by atomic mass is 10.1. The second kappa shape index (κ2) is 2.79. The first-order valence-corrected chi connectivity index (χ1v) is 4.66. The van der Waals surface area contributed by atoms with Crippen LogP contribution < -0.4 is 5.23 Å². The molecule has 1 aromatic rings. The molecule has 1 aromatic carbocycles. The summed E-state index contributed by atoms with van der Waals surface area (Å²) in [5.41, 5.74) is 3.65. The first kappa shape index (κ1) is 7.94. The molecule has 0 spiro atoms. The van der Waals surface area contributed by atoms with Crippen molar-refractivity contribution < 1.29 is 9.31 Å². The minimum Gasteiger partial charge on any atom is -0.519 e. The zero-order valence-electron chi connectivity index (χ0n) is 7.91. The zero-order valence-corrected chi connectivity index (χ0v) is 7.91. The van der Waals surface area contributed by atoms with Crippen molar-refractivity contribution in [2.24, 2.45) is 0 Å². The van der Waals surface area contributed by atoms with Crippen LogP contribution in [-0.4, -0.2) is 14.4 Å². The van der Waals surface area contributed by atoms with Crippen molar-refractivity contribution in [3.8, 4) is 0 Å². The normalized spacial score (nSPS) is 17.6. The largest absolute Gasteiger partial charge is 0.662 e. The molecule has 1 aliphatic carbocycles. The van der Waals surface area contributed by atoms with E-state index in [9.17, 15) is 0 Å². The molecule has 0 saturated heterocycles. The Hall–Kier alpha value is -1.42. The van der Waals surface area contributed by atoms with Crippen molar-refractivity contribution in [2.75, 3.05) is 7.11 Å². The maximum atomic E-state index is 5.56. The van der Waals surface area contributed by atoms with E-state index >= 15 is 0 Å². The number of hydrogen-bond acceptors (Lipinski definition) is 3. The Bertz CT molecular complexity index is 416. The molecule has 70 valence electrons. The average molecular weight is 187 g/mol. The van der Waals surface area contributed by atoms with Crippen molar-refractivity contribution in [1.82, 2.24) is 5.23 Å². The summed E-state index contributed by atoms with van der Waals surface area (Å²) in [6.07, 6.45) is 0.873. The Morgan fingerprint density at radius 1 is 1.43 bits per heavy atom. The summed E-state index contributed by atoms with van der Waals surface area (Å²) in [4.78, 5) is 0. The van der Waals surface area contributed by atoms with Crippen molar-refractivity contribution in [3.63, 3.8) is 0 Å². The van der Waals surface area contributed by atoms with E-state index in [-0.39, 0.29) is 7.25 Å². The second-order valence-electron chi connectivity index (χ2n) is 3.46. The van der Waals surface area contributed by atoms with Gasteiger partial charge in [-0.1, -0.05) is 24.3 Å². The highest BCUT2D eigenvalue weighted by Crippen LogP contribution is 2.34. The van der Waals surface area contributed by atoms with Crippen LogP contribution in [0, 0.1) is 0 Å². The Labute approximate surface area is 82.9 Å². The number of fused-ring (bicyclic) bond motifs is 2. The third-order valence-corrected chi connectivity index (χ3v) is 2.64. The maximum absolute atomic E-state index is 5.56. The van der Waals surface area contributed by atoms with Crippen LogP contribution in [0.3, 0.4) is 0 Å². The van der Waals surface area contributed by atoms with Gasteiger partial charge in [-0.2, -0.15) is 0 Å². The molecular formula is C10H10BNO2. The zero-order chi connectivity index (χ0) is 9.54. The number of hydrogen-bond donors (Lipinski definition) is 1. The summed E-state index contributed by atoms with van der Waals surface area (Å²) < 4.78 is 10.7. The van der Waals surface area contributed by atoms with Gasteiger partial charge in [0.25, 0.3) is 0 Å². The molecule has 0 amide bonds. The van der Waals surface area contributed by atoms with Crippen LogP contribution in [-0.2, 0) is 15.7 Å². The first-order chi connectivity index (χ1) is 6.88. The van der Waals surface area contributed by atoms with E-state index in [1.54, 1.807) is 7.11 Å². The maximum Gasteiger partial charge on any atom is 0.662 e. The molecule has 0 saturated carbocycles. The van der Waals surface area contributed by atoms with E-state index < -0.39 is 0 Å². The van der Waals surface area contributed by atoms with Gasteiger partial charge in [-0.25, -0.2) is 0 Å². The molecule has 0 radical (unpaired) electrons. The molecule has 0 unspecified atom stereocenters. The molecule has 14 heavy (non-hydrogen) atoms. The fraction of sp³-hybridized carbons (Fsp3) is 0.200. The van der Waals surface area contributed by atoms with Gasteiger partial charge in [0.15, 0.2) is 0 Å². The Balaban J connectivity index is 1.98. The van der Waals surface area contributed by atoms with E-state index in [0.717, 1.165) is 17.9 Å². The average Bonchev–Trinajstić information content (AvgIpc) is 2.73. The number of allylic oxidation sites excluding steroid dienone is 1. The standard InChI is InChI=1S/C10H10BNO2/c1-13-11-12-10-8-5-3-2-4-7(8)6-9(10)14-11/h2-5,12H,6H2,1H3. The highest BCUT2D eigenvalue weighted by atomic mass is 16.6. The lowest BCUT2D eigenvalue weighted by molar-refractivity contribution is 0.290. The van der Waals surface area contributed by atoms with Crippen molar-refractivity contribution in [1.29, 1.82) is 0 Å². The molecule has 1 N–H and O–H groups in total. The van der Waals surface area contributed by atoms with Gasteiger partial charge >= 0.3 is 7.25 Å². The van der Waals surface area contributed by atoms with Crippen LogP contribution in [0.4, 0.5) is 0 Å². The number of rotatable bonds is 1. The van der Waals surface area contributed by atoms with E-state index in [0.29, 0.717) is 0 Å². The molecule has 1 aliphatic heterocycles. The molecule has 0 fully saturated rings. The minimum atomic E-state index is -0.312. The lowest BCUT2D eigenvalue weighted by Gasteiger charge is -2.08. The third-order valence-electron chi connectivity index (χ3n) is 2.64. The summed E-state index contributed by atoms with van der Waals surface area (Å²) in [6, 6.07) is 8.32. The fourth-order valence-electron chi connectivity index (χ4n) is 1.97. The molecule has 1 heterocycles. The highest BCUT2D eigenvalue weighted by molar-refractivity contribution is 6.45. The predicted octanol–water partition coefficient (Wildman–Crippen LogP) is 1.16. The Morgan fingerprint density at radius 3 is 3.14 bits per heavy atom. The van der Waals surface area contributed by atoms with Gasteiger partial charge < -0.3 is 14.5 Å². The topological polar surface area (TPSA) is 30.5 Å². The number of benzene rings is 1. The van der Waals surface area contributed by atoms with Gasteiger partial charge in [0.05, 0.1) is 5.70 Å². The Kier molecular flexibility index (Phi) is 1.58. The molecule has 4 heteroatoms. The second-order valence-corrected chi connectivity index (χ2v) is 3.46. The minimum absolute atomic E-state index is 0.312. The third kappa shape index (κ3) is 0.975. The van der Waals surface area contributed by atoms with Crippen molar-refractivity contribution in [3.05, 3.63) is 41.2 Å². The van der Waals surface area contributed by atoms with Gasteiger partial charge in [-0.15, -0.1) is 0 Å². The van der Waals surface area contributed by atoms with Crippen LogP contribution in [0.15, 0.2) is 30.0 Å². The summed E-state index contributed by atoms with van der Waals surface area (Å²) >= 11 is 0. The molecule has 3 rings (SSSR count). The summed E-state index contributed by atoms with van der Waals surface area (Å²) in [5.74, 6) is 0.998. The van der Waals surface area contributed by atoms with E-state index in [2.05, 4.69) is 23.4 Å². The SMILES string of the molecule is COB1NC2=C(Cc3ccccc32)O1. The van der Waals surface area contributed by atoms with Crippen LogP contribution in [0.25, 0.3) is 5.70 Å².